The second-order valence-corrected chi connectivity index (χ2v) is 7.56. The summed E-state index contributed by atoms with van der Waals surface area (Å²) in [6.07, 6.45) is 0.371. The van der Waals surface area contributed by atoms with Gasteiger partial charge in [0.2, 0.25) is 0 Å². The molecule has 9 heteroatoms. The molecular formula is C20H14N3O4S2-. The molecule has 0 saturated heterocycles. The van der Waals surface area contributed by atoms with Crippen molar-refractivity contribution >= 4 is 51.2 Å². The van der Waals surface area contributed by atoms with E-state index in [-0.39, 0.29) is 17.1 Å². The van der Waals surface area contributed by atoms with E-state index in [2.05, 4.69) is 8.75 Å². The number of aromatic carboxylic acids is 1. The summed E-state index contributed by atoms with van der Waals surface area (Å²) in [7, 11) is 0. The van der Waals surface area contributed by atoms with Crippen LogP contribution in [0.5, 0.6) is 0 Å². The molecule has 3 aromatic carbocycles. The lowest BCUT2D eigenvalue weighted by molar-refractivity contribution is 0.0698. The van der Waals surface area contributed by atoms with Crippen LogP contribution in [0.3, 0.4) is 0 Å². The molecule has 0 amide bonds. The highest BCUT2D eigenvalue weighted by Gasteiger charge is 2.24. The van der Waals surface area contributed by atoms with Gasteiger partial charge in [-0.05, 0) is 28.5 Å². The number of benzene rings is 3. The minimum atomic E-state index is -2.80. The first-order chi connectivity index (χ1) is 14.0. The first-order valence-corrected chi connectivity index (χ1v) is 10.3. The zero-order valence-corrected chi connectivity index (χ0v) is 16.5. The third-order valence-electron chi connectivity index (χ3n) is 4.41. The van der Waals surface area contributed by atoms with Crippen molar-refractivity contribution in [2.24, 2.45) is 0 Å². The Morgan fingerprint density at radius 2 is 1.69 bits per heavy atom. The highest BCUT2D eigenvalue weighted by molar-refractivity contribution is 7.81. The highest BCUT2D eigenvalue weighted by atomic mass is 32.2. The number of aromatic nitrogens is 2. The summed E-state index contributed by atoms with van der Waals surface area (Å²) < 4.78 is 33.7. The minimum Gasteiger partial charge on any atom is -0.755 e. The van der Waals surface area contributed by atoms with Gasteiger partial charge in [-0.1, -0.05) is 54.6 Å². The Hall–Kier alpha value is -3.14. The fraction of sp³-hybridized carbons (Fsp3) is 0.0500. The molecule has 1 atom stereocenters. The number of hydrogen-bond donors (Lipinski definition) is 1. The fourth-order valence-corrected chi connectivity index (χ4v) is 4.29. The van der Waals surface area contributed by atoms with Gasteiger partial charge in [-0.25, -0.2) is 4.79 Å². The van der Waals surface area contributed by atoms with Crippen molar-refractivity contribution in [2.75, 3.05) is 4.31 Å². The van der Waals surface area contributed by atoms with Gasteiger partial charge in [0.25, 0.3) is 0 Å². The molecule has 4 rings (SSSR count). The summed E-state index contributed by atoms with van der Waals surface area (Å²) in [5.41, 5.74) is 1.28. The average Bonchev–Trinajstić information content (AvgIpc) is 3.15. The van der Waals surface area contributed by atoms with Crippen molar-refractivity contribution in [3.63, 3.8) is 0 Å². The van der Waals surface area contributed by atoms with Gasteiger partial charge in [0.1, 0.15) is 5.69 Å². The topological polar surface area (TPSA) is 106 Å². The van der Waals surface area contributed by atoms with Crippen LogP contribution in [0.4, 0.5) is 11.5 Å². The van der Waals surface area contributed by atoms with Crippen LogP contribution in [0.2, 0.25) is 0 Å². The molecule has 7 nitrogen and oxygen atoms in total. The molecular weight excluding hydrogens is 410 g/mol. The van der Waals surface area contributed by atoms with Gasteiger partial charge in [-0.3, -0.25) is 8.51 Å². The van der Waals surface area contributed by atoms with Gasteiger partial charge >= 0.3 is 5.97 Å². The van der Waals surface area contributed by atoms with Crippen molar-refractivity contribution in [1.29, 1.82) is 0 Å². The standard InChI is InChI=1S/C20H15N3O4S2/c24-20(25)16-11-14-8-4-5-9-15(14)12-18(16)23(29(26)27)19-17(21-28-22-19)10-13-6-2-1-3-7-13/h1-9,11-12H,10H2,(H,24,25)(H,26,27)/p-1. The van der Waals surface area contributed by atoms with E-state index in [0.717, 1.165) is 27.0 Å². The fourth-order valence-electron chi connectivity index (χ4n) is 3.09. The Morgan fingerprint density at radius 1 is 1.03 bits per heavy atom. The van der Waals surface area contributed by atoms with Crippen LogP contribution >= 0.6 is 11.7 Å². The van der Waals surface area contributed by atoms with E-state index in [4.69, 9.17) is 0 Å². The van der Waals surface area contributed by atoms with E-state index in [9.17, 15) is 18.7 Å². The molecule has 0 spiro atoms. The van der Waals surface area contributed by atoms with Crippen molar-refractivity contribution in [3.05, 3.63) is 83.6 Å². The van der Waals surface area contributed by atoms with Crippen LogP contribution in [-0.4, -0.2) is 28.6 Å². The Labute approximate surface area is 173 Å². The maximum atomic E-state index is 12.2. The van der Waals surface area contributed by atoms with E-state index < -0.39 is 17.2 Å². The van der Waals surface area contributed by atoms with Gasteiger partial charge in [-0.2, -0.15) is 8.75 Å². The van der Waals surface area contributed by atoms with E-state index in [1.54, 1.807) is 30.3 Å². The molecule has 0 fully saturated rings. The number of fused-ring (bicyclic) bond motifs is 1. The summed E-state index contributed by atoms with van der Waals surface area (Å²) in [5.74, 6) is -1.13. The summed E-state index contributed by atoms with van der Waals surface area (Å²) in [6, 6.07) is 19.6. The number of carbonyl (C=O) groups is 1. The lowest BCUT2D eigenvalue weighted by Gasteiger charge is -2.26. The molecule has 1 unspecified atom stereocenters. The van der Waals surface area contributed by atoms with Crippen LogP contribution in [0.15, 0.2) is 66.7 Å². The van der Waals surface area contributed by atoms with Gasteiger partial charge < -0.3 is 9.66 Å². The largest absolute Gasteiger partial charge is 0.755 e. The molecule has 0 aliphatic heterocycles. The molecule has 0 aliphatic carbocycles. The monoisotopic (exact) mass is 424 g/mol. The maximum Gasteiger partial charge on any atom is 0.337 e. The Balaban J connectivity index is 1.86. The third kappa shape index (κ3) is 3.88. The Morgan fingerprint density at radius 3 is 2.34 bits per heavy atom. The van der Waals surface area contributed by atoms with Gasteiger partial charge in [-0.15, -0.1) is 0 Å². The second kappa shape index (κ2) is 8.08. The molecule has 4 aromatic rings. The number of rotatable bonds is 6. The molecule has 1 heterocycles. The van der Waals surface area contributed by atoms with E-state index >= 15 is 0 Å². The Bertz CT molecular complexity index is 1210. The highest BCUT2D eigenvalue weighted by Crippen LogP contribution is 2.35. The van der Waals surface area contributed by atoms with Crippen molar-refractivity contribution in [1.82, 2.24) is 8.75 Å². The SMILES string of the molecule is O=C(O)c1cc2ccccc2cc1N(c1nsnc1Cc1ccccc1)S(=O)[O-]. The van der Waals surface area contributed by atoms with Gasteiger partial charge in [0.05, 0.1) is 34.2 Å². The lowest BCUT2D eigenvalue weighted by Crippen LogP contribution is -2.23. The second-order valence-electron chi connectivity index (χ2n) is 6.23. The van der Waals surface area contributed by atoms with Crippen LogP contribution in [0, 0.1) is 0 Å². The van der Waals surface area contributed by atoms with Crippen LogP contribution in [0.1, 0.15) is 21.6 Å². The van der Waals surface area contributed by atoms with Crippen molar-refractivity contribution in [3.8, 4) is 0 Å². The number of carboxylic acid groups (broad SMARTS) is 1. The van der Waals surface area contributed by atoms with Crippen LogP contribution in [-0.2, 0) is 17.7 Å². The summed E-state index contributed by atoms with van der Waals surface area (Å²) >= 11 is -1.92. The van der Waals surface area contributed by atoms with E-state index in [0.29, 0.717) is 17.5 Å². The predicted octanol–water partition coefficient (Wildman–Crippen LogP) is 3.91. The summed E-state index contributed by atoms with van der Waals surface area (Å²) in [5, 5.41) is 11.1. The Kier molecular flexibility index (Phi) is 5.34. The molecule has 0 aliphatic rings. The van der Waals surface area contributed by atoms with Crippen molar-refractivity contribution < 1.29 is 18.7 Å². The quantitative estimate of drug-likeness (QED) is 0.470. The molecule has 0 radical (unpaired) electrons. The zero-order valence-electron chi connectivity index (χ0n) is 14.9. The number of carboxylic acids is 1. The van der Waals surface area contributed by atoms with E-state index in [1.807, 2.05) is 30.3 Å². The van der Waals surface area contributed by atoms with Crippen LogP contribution in [0.25, 0.3) is 10.8 Å². The maximum absolute atomic E-state index is 12.2. The smallest absolute Gasteiger partial charge is 0.337 e. The van der Waals surface area contributed by atoms with Gasteiger partial charge in [0, 0.05) is 6.42 Å². The minimum absolute atomic E-state index is 0.0199. The molecule has 1 aromatic heterocycles. The number of nitrogens with zero attached hydrogens (tertiary/aromatic N) is 3. The molecule has 0 saturated carbocycles. The average molecular weight is 424 g/mol. The van der Waals surface area contributed by atoms with E-state index in [1.165, 1.54) is 6.07 Å². The van der Waals surface area contributed by atoms with Crippen LogP contribution < -0.4 is 4.31 Å². The summed E-state index contributed by atoms with van der Waals surface area (Å²) in [4.78, 5) is 11.9. The van der Waals surface area contributed by atoms with Gasteiger partial charge in [0.15, 0.2) is 5.82 Å². The summed E-state index contributed by atoms with van der Waals surface area (Å²) in [6.45, 7) is 0. The number of anilines is 2. The normalized spacial score (nSPS) is 12.0. The number of hydrogen-bond acceptors (Lipinski definition) is 6. The zero-order chi connectivity index (χ0) is 20.4. The molecule has 146 valence electrons. The lowest BCUT2D eigenvalue weighted by atomic mass is 10.0. The molecule has 1 N–H and O–H groups in total. The molecule has 0 bridgehead atoms. The first kappa shape index (κ1) is 19.2. The first-order valence-electron chi connectivity index (χ1n) is 8.55. The predicted molar refractivity (Wildman–Crippen MR) is 111 cm³/mol. The molecule has 29 heavy (non-hydrogen) atoms. The van der Waals surface area contributed by atoms with Crippen molar-refractivity contribution in [2.45, 2.75) is 6.42 Å². The third-order valence-corrected chi connectivity index (χ3v) is 5.63.